The molecule has 4 nitrogen and oxygen atoms in total. The number of nitrogens with zero attached hydrogens (tertiary/aromatic N) is 2. The predicted molar refractivity (Wildman–Crippen MR) is 55.0 cm³/mol. The highest BCUT2D eigenvalue weighted by molar-refractivity contribution is 5.54. The molecule has 2 aromatic rings. The van der Waals surface area contributed by atoms with Crippen molar-refractivity contribution in [3.05, 3.63) is 52.2 Å². The lowest BCUT2D eigenvalue weighted by atomic mass is 10.2. The number of aromatic nitrogens is 2. The van der Waals surface area contributed by atoms with Crippen LogP contribution in [0.25, 0.3) is 11.4 Å². The molecule has 0 aliphatic rings. The molecule has 0 radical (unpaired) electrons. The molecule has 0 amide bonds. The second-order valence-electron chi connectivity index (χ2n) is 3.09. The molecule has 5 heteroatoms. The molecule has 0 bridgehead atoms. The Morgan fingerprint density at radius 2 is 2.00 bits per heavy atom. The maximum absolute atomic E-state index is 12.7. The summed E-state index contributed by atoms with van der Waals surface area (Å²) in [5.41, 5.74) is 0.0330. The van der Waals surface area contributed by atoms with Gasteiger partial charge in [-0.3, -0.25) is 4.79 Å². The molecule has 0 aliphatic carbocycles. The minimum absolute atomic E-state index is 0.0501. The van der Waals surface area contributed by atoms with E-state index in [4.69, 9.17) is 5.26 Å². The number of benzene rings is 1. The van der Waals surface area contributed by atoms with Crippen LogP contribution in [0.4, 0.5) is 4.39 Å². The first-order valence-electron chi connectivity index (χ1n) is 4.46. The highest BCUT2D eigenvalue weighted by atomic mass is 19.1. The molecule has 0 spiro atoms. The maximum Gasteiger partial charge on any atom is 0.269 e. The molecule has 1 aromatic carbocycles. The minimum Gasteiger partial charge on any atom is -0.305 e. The summed E-state index contributed by atoms with van der Waals surface area (Å²) in [5, 5.41) is 8.56. The first-order valence-corrected chi connectivity index (χ1v) is 4.46. The van der Waals surface area contributed by atoms with E-state index in [1.165, 1.54) is 30.5 Å². The Morgan fingerprint density at radius 1 is 1.31 bits per heavy atom. The van der Waals surface area contributed by atoms with Gasteiger partial charge >= 0.3 is 0 Å². The zero-order valence-corrected chi connectivity index (χ0v) is 8.07. The van der Waals surface area contributed by atoms with Gasteiger partial charge in [-0.2, -0.15) is 5.26 Å². The van der Waals surface area contributed by atoms with Crippen LogP contribution in [0.1, 0.15) is 5.56 Å². The van der Waals surface area contributed by atoms with E-state index in [0.29, 0.717) is 11.4 Å². The third-order valence-electron chi connectivity index (χ3n) is 2.04. The molecule has 2 rings (SSSR count). The molecule has 1 aromatic heterocycles. The van der Waals surface area contributed by atoms with Crippen molar-refractivity contribution in [1.82, 2.24) is 9.97 Å². The summed E-state index contributed by atoms with van der Waals surface area (Å²) in [7, 11) is 0. The number of aromatic amines is 1. The predicted octanol–water partition coefficient (Wildman–Crippen LogP) is 1.45. The second kappa shape index (κ2) is 3.95. The molecule has 0 saturated heterocycles. The first-order chi connectivity index (χ1) is 7.70. The maximum atomic E-state index is 12.7. The van der Waals surface area contributed by atoms with Gasteiger partial charge in [-0.15, -0.1) is 0 Å². The molecule has 16 heavy (non-hydrogen) atoms. The Labute approximate surface area is 90.0 Å². The zero-order chi connectivity index (χ0) is 11.5. The lowest BCUT2D eigenvalue weighted by Crippen LogP contribution is -2.11. The van der Waals surface area contributed by atoms with Crippen LogP contribution < -0.4 is 5.56 Å². The van der Waals surface area contributed by atoms with Gasteiger partial charge in [0, 0.05) is 5.56 Å². The van der Waals surface area contributed by atoms with Gasteiger partial charge in [-0.1, -0.05) is 0 Å². The van der Waals surface area contributed by atoms with E-state index < -0.39 is 5.56 Å². The largest absolute Gasteiger partial charge is 0.305 e. The van der Waals surface area contributed by atoms with Crippen molar-refractivity contribution in [3.8, 4) is 17.5 Å². The Bertz CT molecular complexity index is 610. The van der Waals surface area contributed by atoms with Crippen LogP contribution in [0.3, 0.4) is 0 Å². The average Bonchev–Trinajstić information content (AvgIpc) is 2.30. The van der Waals surface area contributed by atoms with Crippen LogP contribution in [0, 0.1) is 17.1 Å². The van der Waals surface area contributed by atoms with Crippen molar-refractivity contribution in [1.29, 1.82) is 5.26 Å². The molecule has 0 aliphatic heterocycles. The van der Waals surface area contributed by atoms with Crippen molar-refractivity contribution < 1.29 is 4.39 Å². The average molecular weight is 215 g/mol. The topological polar surface area (TPSA) is 69.5 Å². The smallest absolute Gasteiger partial charge is 0.269 e. The van der Waals surface area contributed by atoms with Gasteiger partial charge in [0.1, 0.15) is 23.3 Å². The number of hydrogen-bond donors (Lipinski definition) is 1. The molecule has 1 N–H and O–H groups in total. The molecular weight excluding hydrogens is 209 g/mol. The van der Waals surface area contributed by atoms with Gasteiger partial charge in [0.25, 0.3) is 5.56 Å². The van der Waals surface area contributed by atoms with Crippen LogP contribution in [0.15, 0.2) is 35.3 Å². The number of hydrogen-bond acceptors (Lipinski definition) is 3. The van der Waals surface area contributed by atoms with Crippen molar-refractivity contribution in [2.75, 3.05) is 0 Å². The summed E-state index contributed by atoms with van der Waals surface area (Å²) < 4.78 is 12.7. The fraction of sp³-hybridized carbons (Fsp3) is 0. The summed E-state index contributed by atoms with van der Waals surface area (Å²) >= 11 is 0. The van der Waals surface area contributed by atoms with Gasteiger partial charge in [0.05, 0.1) is 6.20 Å². The van der Waals surface area contributed by atoms with Crippen LogP contribution >= 0.6 is 0 Å². The highest BCUT2D eigenvalue weighted by Crippen LogP contribution is 2.13. The van der Waals surface area contributed by atoms with Crippen molar-refractivity contribution in [2.45, 2.75) is 0 Å². The third kappa shape index (κ3) is 1.81. The number of rotatable bonds is 1. The van der Waals surface area contributed by atoms with Crippen LogP contribution in [0.5, 0.6) is 0 Å². The summed E-state index contributed by atoms with van der Waals surface area (Å²) in [6, 6.07) is 7.26. The lowest BCUT2D eigenvalue weighted by molar-refractivity contribution is 0.628. The van der Waals surface area contributed by atoms with Crippen molar-refractivity contribution in [3.63, 3.8) is 0 Å². The van der Waals surface area contributed by atoms with E-state index in [0.717, 1.165) is 0 Å². The fourth-order valence-corrected chi connectivity index (χ4v) is 1.23. The molecular formula is C11H6FN3O. The summed E-state index contributed by atoms with van der Waals surface area (Å²) in [5.74, 6) is -0.0521. The van der Waals surface area contributed by atoms with E-state index in [-0.39, 0.29) is 11.4 Å². The van der Waals surface area contributed by atoms with E-state index >= 15 is 0 Å². The summed E-state index contributed by atoms with van der Waals surface area (Å²) in [6.45, 7) is 0. The van der Waals surface area contributed by atoms with E-state index in [2.05, 4.69) is 9.97 Å². The van der Waals surface area contributed by atoms with Crippen molar-refractivity contribution >= 4 is 0 Å². The SMILES string of the molecule is N#Cc1cnc(-c2ccc(F)cc2)[nH]c1=O. The van der Waals surface area contributed by atoms with Crippen LogP contribution in [-0.4, -0.2) is 9.97 Å². The molecule has 78 valence electrons. The number of nitriles is 1. The summed E-state index contributed by atoms with van der Waals surface area (Å²) in [6.07, 6.45) is 1.19. The molecule has 1 heterocycles. The van der Waals surface area contributed by atoms with Gasteiger partial charge in [0.15, 0.2) is 0 Å². The van der Waals surface area contributed by atoms with Gasteiger partial charge in [-0.05, 0) is 24.3 Å². The molecule has 0 unspecified atom stereocenters. The van der Waals surface area contributed by atoms with Crippen molar-refractivity contribution in [2.24, 2.45) is 0 Å². The monoisotopic (exact) mass is 215 g/mol. The Balaban J connectivity index is 2.50. The van der Waals surface area contributed by atoms with Gasteiger partial charge < -0.3 is 4.98 Å². The fourth-order valence-electron chi connectivity index (χ4n) is 1.23. The molecule has 0 atom stereocenters. The standard InChI is InChI=1S/C11H6FN3O/c12-9-3-1-7(2-4-9)10-14-6-8(5-13)11(16)15-10/h1-4,6H,(H,14,15,16). The lowest BCUT2D eigenvalue weighted by Gasteiger charge is -1.99. The number of halogens is 1. The highest BCUT2D eigenvalue weighted by Gasteiger charge is 2.03. The quantitative estimate of drug-likeness (QED) is 0.782. The van der Waals surface area contributed by atoms with E-state index in [1.54, 1.807) is 6.07 Å². The Kier molecular flexibility index (Phi) is 2.48. The zero-order valence-electron chi connectivity index (χ0n) is 8.07. The molecule has 0 saturated carbocycles. The third-order valence-corrected chi connectivity index (χ3v) is 2.04. The second-order valence-corrected chi connectivity index (χ2v) is 3.09. The first kappa shape index (κ1) is 10.1. The van der Waals surface area contributed by atoms with Crippen LogP contribution in [0.2, 0.25) is 0 Å². The summed E-state index contributed by atoms with van der Waals surface area (Å²) in [4.78, 5) is 17.7. The van der Waals surface area contributed by atoms with Crippen LogP contribution in [-0.2, 0) is 0 Å². The van der Waals surface area contributed by atoms with E-state index in [1.807, 2.05) is 0 Å². The number of nitrogens with one attached hydrogen (secondary N) is 1. The van der Waals surface area contributed by atoms with Gasteiger partial charge in [0.2, 0.25) is 0 Å². The van der Waals surface area contributed by atoms with E-state index in [9.17, 15) is 9.18 Å². The number of H-pyrrole nitrogens is 1. The molecule has 0 fully saturated rings. The Hall–Kier alpha value is -2.48. The minimum atomic E-state index is -0.503. The van der Waals surface area contributed by atoms with Gasteiger partial charge in [-0.25, -0.2) is 9.37 Å². The Morgan fingerprint density at radius 3 is 2.56 bits per heavy atom. The normalized spacial score (nSPS) is 9.75.